The molecule has 0 heterocycles. The maximum atomic E-state index is 12.1. The molecule has 1 atom stereocenters. The third kappa shape index (κ3) is 5.62. The van der Waals surface area contributed by atoms with Crippen LogP contribution in [-0.2, 0) is 21.1 Å². The van der Waals surface area contributed by atoms with Crippen molar-refractivity contribution in [2.45, 2.75) is 38.1 Å². The Morgan fingerprint density at radius 1 is 1.30 bits per heavy atom. The number of amides is 1. The number of nitrogens with one attached hydrogen (secondary N) is 1. The molecule has 1 aliphatic carbocycles. The van der Waals surface area contributed by atoms with Gasteiger partial charge in [0.2, 0.25) is 5.91 Å². The Morgan fingerprint density at radius 3 is 2.48 bits per heavy atom. The lowest BCUT2D eigenvalue weighted by molar-refractivity contribution is -0.123. The van der Waals surface area contributed by atoms with Crippen LogP contribution >= 0.6 is 0 Å². The Balaban J connectivity index is 1.84. The summed E-state index contributed by atoms with van der Waals surface area (Å²) >= 11 is 0. The Labute approximate surface area is 138 Å². The second-order valence-corrected chi connectivity index (χ2v) is 9.02. The van der Waals surface area contributed by atoms with E-state index >= 15 is 0 Å². The molecule has 1 aromatic rings. The third-order valence-electron chi connectivity index (χ3n) is 4.61. The molecule has 1 amide bonds. The number of benzene rings is 1. The lowest BCUT2D eigenvalue weighted by Crippen LogP contribution is -2.48. The van der Waals surface area contributed by atoms with Crippen LogP contribution in [0.5, 0.6) is 0 Å². The number of rotatable bonds is 8. The Hall–Kier alpha value is -1.40. The number of hydrogen-bond donors (Lipinski definition) is 2. The van der Waals surface area contributed by atoms with Crippen LogP contribution in [0.25, 0.3) is 0 Å². The first-order valence-corrected chi connectivity index (χ1v) is 10.1. The van der Waals surface area contributed by atoms with Crippen molar-refractivity contribution in [1.29, 1.82) is 0 Å². The van der Waals surface area contributed by atoms with E-state index in [-0.39, 0.29) is 23.5 Å². The monoisotopic (exact) mass is 338 g/mol. The highest BCUT2D eigenvalue weighted by Crippen LogP contribution is 2.43. The number of carbonyl (C=O) groups excluding carboxylic acids is 1. The molecule has 1 fully saturated rings. The van der Waals surface area contributed by atoms with E-state index in [0.29, 0.717) is 6.54 Å². The SMILES string of the molecule is CS(=O)(=O)CCC(N)C(=O)NCC1(Cc2ccccc2)CCC1. The smallest absolute Gasteiger partial charge is 0.236 e. The summed E-state index contributed by atoms with van der Waals surface area (Å²) in [6, 6.07) is 9.51. The van der Waals surface area contributed by atoms with Crippen molar-refractivity contribution in [3.8, 4) is 0 Å². The summed E-state index contributed by atoms with van der Waals surface area (Å²) in [5.41, 5.74) is 7.19. The van der Waals surface area contributed by atoms with Gasteiger partial charge in [-0.3, -0.25) is 4.79 Å². The molecule has 0 radical (unpaired) electrons. The third-order valence-corrected chi connectivity index (χ3v) is 5.59. The summed E-state index contributed by atoms with van der Waals surface area (Å²) in [6.07, 6.45) is 5.65. The Morgan fingerprint density at radius 2 is 1.96 bits per heavy atom. The highest BCUT2D eigenvalue weighted by Gasteiger charge is 2.37. The van der Waals surface area contributed by atoms with Crippen LogP contribution in [0.4, 0.5) is 0 Å². The van der Waals surface area contributed by atoms with Crippen molar-refractivity contribution in [1.82, 2.24) is 5.32 Å². The fourth-order valence-electron chi connectivity index (χ4n) is 3.00. The molecule has 128 valence electrons. The molecule has 3 N–H and O–H groups in total. The van der Waals surface area contributed by atoms with E-state index < -0.39 is 15.9 Å². The van der Waals surface area contributed by atoms with Crippen LogP contribution in [-0.4, -0.2) is 38.9 Å². The fourth-order valence-corrected chi connectivity index (χ4v) is 3.68. The summed E-state index contributed by atoms with van der Waals surface area (Å²) in [7, 11) is -3.09. The van der Waals surface area contributed by atoms with Crippen molar-refractivity contribution in [3.63, 3.8) is 0 Å². The Bertz CT molecular complexity index is 624. The quantitative estimate of drug-likeness (QED) is 0.747. The van der Waals surface area contributed by atoms with E-state index in [0.717, 1.165) is 25.5 Å². The second-order valence-electron chi connectivity index (χ2n) is 6.76. The summed E-state index contributed by atoms with van der Waals surface area (Å²) < 4.78 is 22.3. The van der Waals surface area contributed by atoms with E-state index in [9.17, 15) is 13.2 Å². The van der Waals surface area contributed by atoms with Gasteiger partial charge in [-0.05, 0) is 36.7 Å². The molecule has 1 unspecified atom stereocenters. The lowest BCUT2D eigenvalue weighted by Gasteiger charge is -2.42. The first-order chi connectivity index (χ1) is 10.8. The standard InChI is InChI=1S/C17H26N2O3S/c1-23(21,22)11-8-15(18)16(20)19-13-17(9-5-10-17)12-14-6-3-2-4-7-14/h2-4,6-7,15H,5,8-13,18H2,1H3,(H,19,20). The van der Waals surface area contributed by atoms with Gasteiger partial charge >= 0.3 is 0 Å². The minimum Gasteiger partial charge on any atom is -0.354 e. The summed E-state index contributed by atoms with van der Waals surface area (Å²) in [5, 5.41) is 2.92. The number of carbonyl (C=O) groups is 1. The molecule has 2 rings (SSSR count). The van der Waals surface area contributed by atoms with Gasteiger partial charge in [-0.25, -0.2) is 8.42 Å². The summed E-state index contributed by atoms with van der Waals surface area (Å²) in [4.78, 5) is 12.1. The topological polar surface area (TPSA) is 89.3 Å². The second kappa shape index (κ2) is 7.45. The Kier molecular flexibility index (Phi) is 5.81. The lowest BCUT2D eigenvalue weighted by atomic mass is 9.65. The molecular formula is C17H26N2O3S. The van der Waals surface area contributed by atoms with E-state index in [2.05, 4.69) is 17.4 Å². The first kappa shape index (κ1) is 17.9. The zero-order valence-electron chi connectivity index (χ0n) is 13.6. The molecule has 23 heavy (non-hydrogen) atoms. The van der Waals surface area contributed by atoms with E-state index in [1.54, 1.807) is 0 Å². The van der Waals surface area contributed by atoms with Crippen LogP contribution in [0.2, 0.25) is 0 Å². The van der Waals surface area contributed by atoms with Crippen LogP contribution in [0.3, 0.4) is 0 Å². The predicted molar refractivity (Wildman–Crippen MR) is 91.7 cm³/mol. The predicted octanol–water partition coefficient (Wildman–Crippen LogP) is 1.28. The molecule has 0 aromatic heterocycles. The molecule has 5 nitrogen and oxygen atoms in total. The zero-order chi connectivity index (χ0) is 16.9. The molecular weight excluding hydrogens is 312 g/mol. The van der Waals surface area contributed by atoms with Crippen LogP contribution in [0.1, 0.15) is 31.2 Å². The minimum absolute atomic E-state index is 0.0588. The highest BCUT2D eigenvalue weighted by atomic mass is 32.2. The normalized spacial score (nSPS) is 18.0. The summed E-state index contributed by atoms with van der Waals surface area (Å²) in [6.45, 7) is 0.604. The van der Waals surface area contributed by atoms with Crippen molar-refractivity contribution < 1.29 is 13.2 Å². The van der Waals surface area contributed by atoms with Gasteiger partial charge in [0.1, 0.15) is 9.84 Å². The number of sulfone groups is 1. The van der Waals surface area contributed by atoms with Crippen molar-refractivity contribution in [2.24, 2.45) is 11.1 Å². The van der Waals surface area contributed by atoms with Crippen molar-refractivity contribution in [2.75, 3.05) is 18.6 Å². The van der Waals surface area contributed by atoms with Crippen molar-refractivity contribution >= 4 is 15.7 Å². The van der Waals surface area contributed by atoms with Crippen molar-refractivity contribution in [3.05, 3.63) is 35.9 Å². The minimum atomic E-state index is -3.09. The van der Waals surface area contributed by atoms with Gasteiger partial charge in [0.05, 0.1) is 11.8 Å². The van der Waals surface area contributed by atoms with Crippen LogP contribution in [0.15, 0.2) is 30.3 Å². The van der Waals surface area contributed by atoms with Gasteiger partial charge in [-0.15, -0.1) is 0 Å². The molecule has 6 heteroatoms. The maximum absolute atomic E-state index is 12.1. The van der Waals surface area contributed by atoms with E-state index in [1.807, 2.05) is 18.2 Å². The fraction of sp³-hybridized carbons (Fsp3) is 0.588. The average Bonchev–Trinajstić information content (AvgIpc) is 2.47. The van der Waals surface area contributed by atoms with Gasteiger partial charge in [-0.2, -0.15) is 0 Å². The number of hydrogen-bond acceptors (Lipinski definition) is 4. The molecule has 0 spiro atoms. The van der Waals surface area contributed by atoms with Crippen LogP contribution in [0, 0.1) is 5.41 Å². The number of nitrogens with two attached hydrogens (primary N) is 1. The van der Waals surface area contributed by atoms with Gasteiger partial charge < -0.3 is 11.1 Å². The molecule has 1 aromatic carbocycles. The van der Waals surface area contributed by atoms with Gasteiger partial charge in [0, 0.05) is 12.8 Å². The van der Waals surface area contributed by atoms with Gasteiger partial charge in [0.25, 0.3) is 0 Å². The van der Waals surface area contributed by atoms with Gasteiger partial charge in [-0.1, -0.05) is 36.8 Å². The van der Waals surface area contributed by atoms with E-state index in [1.165, 1.54) is 12.0 Å². The average molecular weight is 338 g/mol. The van der Waals surface area contributed by atoms with Crippen LogP contribution < -0.4 is 11.1 Å². The molecule has 1 aliphatic rings. The largest absolute Gasteiger partial charge is 0.354 e. The van der Waals surface area contributed by atoms with Gasteiger partial charge in [0.15, 0.2) is 0 Å². The molecule has 0 aliphatic heterocycles. The maximum Gasteiger partial charge on any atom is 0.236 e. The summed E-state index contributed by atoms with van der Waals surface area (Å²) in [5.74, 6) is -0.315. The first-order valence-electron chi connectivity index (χ1n) is 8.05. The molecule has 0 saturated heterocycles. The highest BCUT2D eigenvalue weighted by molar-refractivity contribution is 7.90. The van der Waals surface area contributed by atoms with E-state index in [4.69, 9.17) is 5.73 Å². The molecule has 0 bridgehead atoms. The zero-order valence-corrected chi connectivity index (χ0v) is 14.4. The molecule has 1 saturated carbocycles.